The van der Waals surface area contributed by atoms with Gasteiger partial charge in [-0.2, -0.15) is 0 Å². The molecule has 220 valence electrons. The summed E-state index contributed by atoms with van der Waals surface area (Å²) in [4.78, 5) is 46.0. The number of piperidine rings is 1. The Labute approximate surface area is 247 Å². The number of carbonyl (C=O) groups excluding carboxylic acids is 1. The number of hydrogen-bond acceptors (Lipinski definition) is 9. The maximum Gasteiger partial charge on any atom is 0.338 e. The molecule has 2 aliphatic heterocycles. The molecule has 2 aliphatic rings. The quantitative estimate of drug-likeness (QED) is 0.228. The Morgan fingerprint density at radius 3 is 2.48 bits per heavy atom. The second-order valence-electron chi connectivity index (χ2n) is 11.0. The van der Waals surface area contributed by atoms with Crippen molar-refractivity contribution in [1.82, 2.24) is 4.57 Å². The number of rotatable bonds is 7. The van der Waals surface area contributed by atoms with Gasteiger partial charge in [-0.3, -0.25) is 19.5 Å². The third-order valence-electron chi connectivity index (χ3n) is 7.65. The van der Waals surface area contributed by atoms with Gasteiger partial charge in [0.1, 0.15) is 5.75 Å². The summed E-state index contributed by atoms with van der Waals surface area (Å²) in [6.45, 7) is 9.16. The highest BCUT2D eigenvalue weighted by atomic mass is 32.1. The van der Waals surface area contributed by atoms with E-state index in [1.54, 1.807) is 52.2 Å². The van der Waals surface area contributed by atoms with Gasteiger partial charge in [-0.1, -0.05) is 30.4 Å². The van der Waals surface area contributed by atoms with Gasteiger partial charge in [0.15, 0.2) is 4.80 Å². The first-order valence-electron chi connectivity index (χ1n) is 14.0. The summed E-state index contributed by atoms with van der Waals surface area (Å²) in [5, 5.41) is 11.7. The predicted octanol–water partition coefficient (Wildman–Crippen LogP) is 4.34. The molecule has 1 saturated heterocycles. The Bertz CT molecular complexity index is 1730. The standard InChI is InChI=1S/C31H34N4O6S/c1-18(2)41-30(37)27-20(4)32-31-34(28(27)21-6-9-24(40-5)10-7-21)29(36)26(42-31)17-22-16-23(35(38)39)8-11-25(22)33-14-12-19(3)13-15-33/h6-11,16-19,28H,12-15H2,1-5H3/b26-17+/t28-/m1/s1. The monoisotopic (exact) mass is 590 g/mol. The molecule has 11 heteroatoms. The number of nitrogens with zero attached hydrogens (tertiary/aromatic N) is 4. The molecule has 0 unspecified atom stereocenters. The van der Waals surface area contributed by atoms with Crippen LogP contribution in [-0.2, 0) is 9.53 Å². The number of ether oxygens (including phenoxy) is 2. The van der Waals surface area contributed by atoms with E-state index in [2.05, 4.69) is 16.8 Å². The average Bonchev–Trinajstić information content (AvgIpc) is 3.26. The van der Waals surface area contributed by atoms with Gasteiger partial charge < -0.3 is 14.4 Å². The average molecular weight is 591 g/mol. The Morgan fingerprint density at radius 2 is 1.86 bits per heavy atom. The summed E-state index contributed by atoms with van der Waals surface area (Å²) in [5.41, 5.74) is 2.51. The van der Waals surface area contributed by atoms with Crippen LogP contribution in [0.15, 0.2) is 63.5 Å². The molecule has 0 bridgehead atoms. The van der Waals surface area contributed by atoms with Gasteiger partial charge in [0.05, 0.1) is 40.0 Å². The number of esters is 1. The van der Waals surface area contributed by atoms with E-state index < -0.39 is 16.9 Å². The minimum Gasteiger partial charge on any atom is -0.497 e. The van der Waals surface area contributed by atoms with Crippen molar-refractivity contribution in [1.29, 1.82) is 0 Å². The molecule has 10 nitrogen and oxygen atoms in total. The van der Waals surface area contributed by atoms with Gasteiger partial charge in [0.25, 0.3) is 11.2 Å². The molecule has 0 N–H and O–H groups in total. The first-order chi connectivity index (χ1) is 20.1. The van der Waals surface area contributed by atoms with Crippen molar-refractivity contribution in [3.05, 3.63) is 94.7 Å². The van der Waals surface area contributed by atoms with Crippen molar-refractivity contribution in [3.8, 4) is 5.75 Å². The number of hydrogen-bond donors (Lipinski definition) is 0. The summed E-state index contributed by atoms with van der Waals surface area (Å²) >= 11 is 1.19. The zero-order valence-corrected chi connectivity index (χ0v) is 25.1. The maximum absolute atomic E-state index is 14.1. The van der Waals surface area contributed by atoms with Gasteiger partial charge >= 0.3 is 5.97 Å². The first-order valence-corrected chi connectivity index (χ1v) is 14.8. The van der Waals surface area contributed by atoms with Crippen LogP contribution in [0.3, 0.4) is 0 Å². The van der Waals surface area contributed by atoms with Crippen molar-refractivity contribution in [2.75, 3.05) is 25.1 Å². The number of nitro groups is 1. The highest BCUT2D eigenvalue weighted by Crippen LogP contribution is 2.33. The third-order valence-corrected chi connectivity index (χ3v) is 8.63. The molecule has 3 aromatic rings. The molecule has 1 aromatic heterocycles. The van der Waals surface area contributed by atoms with Crippen LogP contribution < -0.4 is 24.5 Å². The number of nitro benzene ring substituents is 1. The van der Waals surface area contributed by atoms with E-state index in [1.165, 1.54) is 28.0 Å². The van der Waals surface area contributed by atoms with E-state index in [9.17, 15) is 19.7 Å². The van der Waals surface area contributed by atoms with Crippen molar-refractivity contribution in [3.63, 3.8) is 0 Å². The van der Waals surface area contributed by atoms with E-state index in [0.717, 1.165) is 31.6 Å². The van der Waals surface area contributed by atoms with E-state index in [4.69, 9.17) is 9.47 Å². The van der Waals surface area contributed by atoms with Crippen LogP contribution in [0.1, 0.15) is 57.7 Å². The fourth-order valence-electron chi connectivity index (χ4n) is 5.41. The lowest BCUT2D eigenvalue weighted by molar-refractivity contribution is -0.384. The topological polar surface area (TPSA) is 116 Å². The largest absolute Gasteiger partial charge is 0.497 e. The maximum atomic E-state index is 14.1. The van der Waals surface area contributed by atoms with Gasteiger partial charge in [-0.15, -0.1) is 0 Å². The fraction of sp³-hybridized carbons (Fsp3) is 0.387. The van der Waals surface area contributed by atoms with Crippen molar-refractivity contribution >= 4 is 34.8 Å². The molecule has 0 amide bonds. The van der Waals surface area contributed by atoms with Crippen LogP contribution in [0, 0.1) is 16.0 Å². The van der Waals surface area contributed by atoms with Crippen LogP contribution in [0.5, 0.6) is 5.75 Å². The zero-order chi connectivity index (χ0) is 30.1. The van der Waals surface area contributed by atoms with Crippen LogP contribution >= 0.6 is 11.3 Å². The molecule has 0 aliphatic carbocycles. The summed E-state index contributed by atoms with van der Waals surface area (Å²) in [7, 11) is 1.57. The summed E-state index contributed by atoms with van der Waals surface area (Å²) in [6.07, 6.45) is 3.40. The molecule has 0 spiro atoms. The molecule has 1 fully saturated rings. The van der Waals surface area contributed by atoms with E-state index in [1.807, 2.05) is 12.1 Å². The van der Waals surface area contributed by atoms with Crippen molar-refractivity contribution < 1.29 is 19.2 Å². The number of carbonyl (C=O) groups is 1. The number of benzene rings is 2. The summed E-state index contributed by atoms with van der Waals surface area (Å²) in [5.74, 6) is 0.717. The molecule has 42 heavy (non-hydrogen) atoms. The lowest BCUT2D eigenvalue weighted by Crippen LogP contribution is -2.40. The SMILES string of the molecule is COc1ccc([C@@H]2C(C(=O)OC(C)C)=C(C)N=c3s/c(=C/c4cc([N+](=O)[O-])ccc4N4CCC(C)CC4)c(=O)n32)cc1. The highest BCUT2D eigenvalue weighted by Gasteiger charge is 2.34. The predicted molar refractivity (Wildman–Crippen MR) is 162 cm³/mol. The van der Waals surface area contributed by atoms with E-state index in [0.29, 0.717) is 37.8 Å². The second kappa shape index (κ2) is 11.9. The van der Waals surface area contributed by atoms with Crippen molar-refractivity contribution in [2.45, 2.75) is 52.7 Å². The second-order valence-corrected chi connectivity index (χ2v) is 12.0. The van der Waals surface area contributed by atoms with Crippen LogP contribution in [0.2, 0.25) is 0 Å². The van der Waals surface area contributed by atoms with Gasteiger partial charge in [0, 0.05) is 36.5 Å². The van der Waals surface area contributed by atoms with Crippen LogP contribution in [-0.4, -0.2) is 41.8 Å². The lowest BCUT2D eigenvalue weighted by atomic mass is 9.96. The minimum atomic E-state index is -0.770. The van der Waals surface area contributed by atoms with E-state index in [-0.39, 0.29) is 22.9 Å². The minimum absolute atomic E-state index is 0.0474. The number of methoxy groups -OCH3 is 1. The number of anilines is 1. The highest BCUT2D eigenvalue weighted by molar-refractivity contribution is 7.07. The Kier molecular flexibility index (Phi) is 8.31. The number of non-ortho nitro benzene ring substituents is 1. The first kappa shape index (κ1) is 29.2. The van der Waals surface area contributed by atoms with Gasteiger partial charge in [-0.05, 0) is 69.4 Å². The Morgan fingerprint density at radius 1 is 1.17 bits per heavy atom. The number of allylic oxidation sites excluding steroid dienone is 1. The van der Waals surface area contributed by atoms with Crippen LogP contribution in [0.25, 0.3) is 6.08 Å². The number of aromatic nitrogens is 1. The molecule has 2 aromatic carbocycles. The molecular weight excluding hydrogens is 556 g/mol. The summed E-state index contributed by atoms with van der Waals surface area (Å²) < 4.78 is 12.8. The Balaban J connectivity index is 1.69. The number of thiazole rings is 1. The van der Waals surface area contributed by atoms with E-state index >= 15 is 0 Å². The fourth-order valence-corrected chi connectivity index (χ4v) is 6.45. The molecule has 0 radical (unpaired) electrons. The Hall–Kier alpha value is -4.25. The van der Waals surface area contributed by atoms with Gasteiger partial charge in [-0.25, -0.2) is 9.79 Å². The number of fused-ring (bicyclic) bond motifs is 1. The zero-order valence-electron chi connectivity index (χ0n) is 24.3. The normalized spacial score (nSPS) is 17.7. The molecule has 0 saturated carbocycles. The molecule has 1 atom stereocenters. The third kappa shape index (κ3) is 5.74. The summed E-state index contributed by atoms with van der Waals surface area (Å²) in [6, 6.07) is 11.2. The van der Waals surface area contributed by atoms with Gasteiger partial charge in [0.2, 0.25) is 0 Å². The smallest absolute Gasteiger partial charge is 0.338 e. The molecule has 5 rings (SSSR count). The van der Waals surface area contributed by atoms with Crippen molar-refractivity contribution in [2.24, 2.45) is 10.9 Å². The lowest BCUT2D eigenvalue weighted by Gasteiger charge is -2.33. The molecule has 3 heterocycles. The molecular formula is C31H34N4O6S. The van der Waals surface area contributed by atoms with Crippen LogP contribution in [0.4, 0.5) is 11.4 Å².